The summed E-state index contributed by atoms with van der Waals surface area (Å²) >= 11 is 5.85. The fraction of sp³-hybridized carbons (Fsp3) is 0.545. The van der Waals surface area contributed by atoms with Crippen LogP contribution in [0.2, 0.25) is 0 Å². The molecule has 0 radical (unpaired) electrons. The van der Waals surface area contributed by atoms with Gasteiger partial charge in [-0.05, 0) is 49.5 Å². The van der Waals surface area contributed by atoms with Crippen LogP contribution in [-0.4, -0.2) is 32.2 Å². The molecule has 146 valence electrons. The van der Waals surface area contributed by atoms with Gasteiger partial charge in [-0.3, -0.25) is 0 Å². The molecular formula is C22H32N4S. The van der Waals surface area contributed by atoms with Crippen molar-refractivity contribution in [2.45, 2.75) is 71.0 Å². The SMILES string of the molecule is Cc1ccccc1CN(CCCn1ccnc1)C(=S)NC1CCCCCC1. The largest absolute Gasteiger partial charge is 0.360 e. The van der Waals surface area contributed by atoms with Gasteiger partial charge in [0.25, 0.3) is 0 Å². The molecule has 1 saturated carbocycles. The highest BCUT2D eigenvalue weighted by molar-refractivity contribution is 7.80. The Hall–Kier alpha value is -1.88. The van der Waals surface area contributed by atoms with Crippen molar-refractivity contribution in [1.82, 2.24) is 19.8 Å². The maximum Gasteiger partial charge on any atom is 0.169 e. The number of thiocarbonyl (C=S) groups is 1. The van der Waals surface area contributed by atoms with Gasteiger partial charge < -0.3 is 14.8 Å². The number of hydrogen-bond acceptors (Lipinski definition) is 2. The average molecular weight is 385 g/mol. The molecule has 1 fully saturated rings. The summed E-state index contributed by atoms with van der Waals surface area (Å²) < 4.78 is 2.13. The predicted molar refractivity (Wildman–Crippen MR) is 116 cm³/mol. The fourth-order valence-corrected chi connectivity index (χ4v) is 4.12. The smallest absolute Gasteiger partial charge is 0.169 e. The van der Waals surface area contributed by atoms with Gasteiger partial charge in [0, 0.05) is 38.1 Å². The number of aryl methyl sites for hydroxylation is 2. The molecule has 1 aliphatic rings. The third-order valence-corrected chi connectivity index (χ3v) is 5.87. The second-order valence-electron chi connectivity index (χ2n) is 7.64. The van der Waals surface area contributed by atoms with Gasteiger partial charge in [-0.15, -0.1) is 0 Å². The predicted octanol–water partition coefficient (Wildman–Crippen LogP) is 4.68. The normalized spacial score (nSPS) is 15.3. The van der Waals surface area contributed by atoms with Gasteiger partial charge in [-0.1, -0.05) is 49.9 Å². The van der Waals surface area contributed by atoms with Crippen LogP contribution in [0.3, 0.4) is 0 Å². The maximum absolute atomic E-state index is 5.85. The van der Waals surface area contributed by atoms with Gasteiger partial charge in [0.1, 0.15) is 0 Å². The van der Waals surface area contributed by atoms with Gasteiger partial charge in [0.2, 0.25) is 0 Å². The van der Waals surface area contributed by atoms with Crippen LogP contribution in [0, 0.1) is 6.92 Å². The molecule has 2 aromatic rings. The molecule has 5 heteroatoms. The van der Waals surface area contributed by atoms with Crippen molar-refractivity contribution in [3.8, 4) is 0 Å². The van der Waals surface area contributed by atoms with Gasteiger partial charge >= 0.3 is 0 Å². The Labute approximate surface area is 169 Å². The number of hydrogen-bond donors (Lipinski definition) is 1. The van der Waals surface area contributed by atoms with Crippen molar-refractivity contribution in [1.29, 1.82) is 0 Å². The Morgan fingerprint density at radius 3 is 2.70 bits per heavy atom. The monoisotopic (exact) mass is 384 g/mol. The first-order valence-electron chi connectivity index (χ1n) is 10.3. The molecule has 0 unspecified atom stereocenters. The van der Waals surface area contributed by atoms with Crippen molar-refractivity contribution < 1.29 is 0 Å². The number of rotatable bonds is 7. The molecule has 1 aliphatic carbocycles. The van der Waals surface area contributed by atoms with E-state index in [1.165, 1.54) is 49.7 Å². The van der Waals surface area contributed by atoms with Gasteiger partial charge in [-0.2, -0.15) is 0 Å². The number of nitrogens with one attached hydrogen (secondary N) is 1. The summed E-state index contributed by atoms with van der Waals surface area (Å²) in [5.41, 5.74) is 2.68. The number of nitrogens with zero attached hydrogens (tertiary/aromatic N) is 3. The molecular weight excluding hydrogens is 352 g/mol. The van der Waals surface area contributed by atoms with Crippen LogP contribution in [0.15, 0.2) is 43.0 Å². The van der Waals surface area contributed by atoms with Gasteiger partial charge in [0.05, 0.1) is 6.33 Å². The average Bonchev–Trinajstić information content (AvgIpc) is 3.05. The Bertz CT molecular complexity index is 690. The molecule has 1 aromatic carbocycles. The Morgan fingerprint density at radius 1 is 1.22 bits per heavy atom. The molecule has 1 aromatic heterocycles. The van der Waals surface area contributed by atoms with E-state index >= 15 is 0 Å². The van der Waals surface area contributed by atoms with Crippen LogP contribution in [0.4, 0.5) is 0 Å². The molecule has 4 nitrogen and oxygen atoms in total. The minimum Gasteiger partial charge on any atom is -0.360 e. The van der Waals surface area contributed by atoms with Crippen molar-refractivity contribution in [3.05, 3.63) is 54.1 Å². The lowest BCUT2D eigenvalue weighted by Gasteiger charge is -2.29. The minimum absolute atomic E-state index is 0.535. The minimum atomic E-state index is 0.535. The first-order chi connectivity index (χ1) is 13.2. The van der Waals surface area contributed by atoms with E-state index in [-0.39, 0.29) is 0 Å². The lowest BCUT2D eigenvalue weighted by Crippen LogP contribution is -2.44. The van der Waals surface area contributed by atoms with Crippen LogP contribution in [0.5, 0.6) is 0 Å². The number of benzene rings is 1. The maximum atomic E-state index is 5.85. The van der Waals surface area contributed by atoms with Crippen LogP contribution < -0.4 is 5.32 Å². The summed E-state index contributed by atoms with van der Waals surface area (Å²) in [5, 5.41) is 4.59. The van der Waals surface area contributed by atoms with Crippen molar-refractivity contribution in [2.24, 2.45) is 0 Å². The first kappa shape index (κ1) is 19.9. The Morgan fingerprint density at radius 2 is 2.00 bits per heavy atom. The summed E-state index contributed by atoms with van der Waals surface area (Å²) in [7, 11) is 0. The zero-order valence-electron chi connectivity index (χ0n) is 16.4. The second-order valence-corrected chi connectivity index (χ2v) is 8.03. The van der Waals surface area contributed by atoms with Crippen LogP contribution in [-0.2, 0) is 13.1 Å². The summed E-state index contributed by atoms with van der Waals surface area (Å²) in [4.78, 5) is 6.48. The molecule has 1 heterocycles. The first-order valence-corrected chi connectivity index (χ1v) is 10.7. The lowest BCUT2D eigenvalue weighted by molar-refractivity contribution is 0.373. The number of aromatic nitrogens is 2. The van der Waals surface area contributed by atoms with E-state index in [1.807, 2.05) is 18.7 Å². The van der Waals surface area contributed by atoms with E-state index < -0.39 is 0 Å². The third kappa shape index (κ3) is 6.35. The highest BCUT2D eigenvalue weighted by Gasteiger charge is 2.17. The van der Waals surface area contributed by atoms with Crippen molar-refractivity contribution >= 4 is 17.3 Å². The van der Waals surface area contributed by atoms with Gasteiger partial charge in [0.15, 0.2) is 5.11 Å². The van der Waals surface area contributed by atoms with E-state index in [4.69, 9.17) is 12.2 Å². The van der Waals surface area contributed by atoms with Crippen molar-refractivity contribution in [3.63, 3.8) is 0 Å². The Balaban J connectivity index is 1.61. The van der Waals surface area contributed by atoms with Crippen LogP contribution in [0.25, 0.3) is 0 Å². The molecule has 0 saturated heterocycles. The molecule has 0 spiro atoms. The highest BCUT2D eigenvalue weighted by Crippen LogP contribution is 2.18. The summed E-state index contributed by atoms with van der Waals surface area (Å²) in [6, 6.07) is 9.15. The van der Waals surface area contributed by atoms with E-state index in [0.29, 0.717) is 6.04 Å². The molecule has 0 amide bonds. The molecule has 3 rings (SSSR count). The number of imidazole rings is 1. The lowest BCUT2D eigenvalue weighted by atomic mass is 10.1. The summed E-state index contributed by atoms with van der Waals surface area (Å²) in [6.45, 7) is 4.97. The van der Waals surface area contributed by atoms with E-state index in [9.17, 15) is 0 Å². The summed E-state index contributed by atoms with van der Waals surface area (Å²) in [6.07, 6.45) is 14.6. The van der Waals surface area contributed by atoms with Crippen LogP contribution >= 0.6 is 12.2 Å². The second kappa shape index (κ2) is 10.5. The fourth-order valence-electron chi connectivity index (χ4n) is 3.80. The highest BCUT2D eigenvalue weighted by atomic mass is 32.1. The standard InChI is InChI=1S/C22H32N4S/c1-19-9-6-7-10-20(19)17-26(15-8-14-25-16-13-23-18-25)22(27)24-21-11-4-2-3-5-12-21/h6-7,9-10,13,16,18,21H,2-5,8,11-12,14-15,17H2,1H3,(H,24,27). The van der Waals surface area contributed by atoms with Gasteiger partial charge in [-0.25, -0.2) is 4.98 Å². The molecule has 0 bridgehead atoms. The van der Waals surface area contributed by atoms with E-state index in [0.717, 1.165) is 31.2 Å². The molecule has 1 N–H and O–H groups in total. The quantitative estimate of drug-likeness (QED) is 0.555. The Kier molecular flexibility index (Phi) is 7.69. The zero-order valence-corrected chi connectivity index (χ0v) is 17.3. The van der Waals surface area contributed by atoms with Crippen molar-refractivity contribution in [2.75, 3.05) is 6.54 Å². The van der Waals surface area contributed by atoms with E-state index in [2.05, 4.69) is 51.0 Å². The zero-order chi connectivity index (χ0) is 18.9. The van der Waals surface area contributed by atoms with Crippen LogP contribution in [0.1, 0.15) is 56.1 Å². The third-order valence-electron chi connectivity index (χ3n) is 5.50. The van der Waals surface area contributed by atoms with E-state index in [1.54, 1.807) is 0 Å². The molecule has 0 aliphatic heterocycles. The summed E-state index contributed by atoms with van der Waals surface area (Å²) in [5.74, 6) is 0. The topological polar surface area (TPSA) is 33.1 Å². The molecule has 27 heavy (non-hydrogen) atoms. The molecule has 0 atom stereocenters.